The summed E-state index contributed by atoms with van der Waals surface area (Å²) in [5.74, 6) is 0.583. The van der Waals surface area contributed by atoms with Crippen LogP contribution in [-0.4, -0.2) is 36.0 Å². The van der Waals surface area contributed by atoms with E-state index in [1.54, 1.807) is 4.68 Å². The Bertz CT molecular complexity index is 512. The molecule has 0 amide bonds. The molecular weight excluding hydrogens is 266 g/mol. The zero-order valence-electron chi connectivity index (χ0n) is 11.1. The quantitative estimate of drug-likeness (QED) is 0.808. The molecule has 1 aliphatic rings. The minimum absolute atomic E-state index is 0.0424. The van der Waals surface area contributed by atoms with Crippen LogP contribution in [0.3, 0.4) is 0 Å². The maximum Gasteiger partial charge on any atom is 0.243 e. The van der Waals surface area contributed by atoms with E-state index in [4.69, 9.17) is 5.11 Å². The largest absolute Gasteiger partial charge is 0.396 e. The maximum absolute atomic E-state index is 12.2. The molecule has 2 N–H and O–H groups in total. The van der Waals surface area contributed by atoms with E-state index in [0.29, 0.717) is 18.9 Å². The molecule has 19 heavy (non-hydrogen) atoms. The van der Waals surface area contributed by atoms with Gasteiger partial charge in [0.15, 0.2) is 0 Å². The zero-order chi connectivity index (χ0) is 13.9. The van der Waals surface area contributed by atoms with Gasteiger partial charge < -0.3 is 5.11 Å². The van der Waals surface area contributed by atoms with E-state index in [0.717, 1.165) is 19.3 Å². The summed E-state index contributed by atoms with van der Waals surface area (Å²) < 4.78 is 28.6. The van der Waals surface area contributed by atoms with Crippen LogP contribution in [0.5, 0.6) is 0 Å². The van der Waals surface area contributed by atoms with Crippen LogP contribution in [0.1, 0.15) is 32.6 Å². The van der Waals surface area contributed by atoms with Crippen molar-refractivity contribution in [2.45, 2.75) is 50.1 Å². The lowest BCUT2D eigenvalue weighted by molar-refractivity contribution is 0.277. The topological polar surface area (TPSA) is 84.2 Å². The van der Waals surface area contributed by atoms with Gasteiger partial charge in [-0.2, -0.15) is 5.10 Å². The van der Waals surface area contributed by atoms with Crippen LogP contribution in [0.25, 0.3) is 0 Å². The Morgan fingerprint density at radius 1 is 1.53 bits per heavy atom. The van der Waals surface area contributed by atoms with Gasteiger partial charge in [-0.15, -0.1) is 0 Å². The number of hydrogen-bond donors (Lipinski definition) is 2. The molecule has 0 spiro atoms. The molecule has 1 aliphatic carbocycles. The molecule has 1 heterocycles. The molecule has 0 aliphatic heterocycles. The molecule has 2 rings (SSSR count). The van der Waals surface area contributed by atoms with Crippen LogP contribution >= 0.6 is 0 Å². The number of aliphatic hydroxyl groups is 1. The summed E-state index contributed by atoms with van der Waals surface area (Å²) in [4.78, 5) is 0.199. The first-order valence-corrected chi connectivity index (χ1v) is 8.15. The lowest BCUT2D eigenvalue weighted by Crippen LogP contribution is -2.32. The average Bonchev–Trinajstić information content (AvgIpc) is 2.95. The van der Waals surface area contributed by atoms with Gasteiger partial charge in [0, 0.05) is 25.4 Å². The Morgan fingerprint density at radius 3 is 2.95 bits per heavy atom. The second kappa shape index (κ2) is 6.02. The Hall–Kier alpha value is -0.920. The Labute approximate surface area is 113 Å². The van der Waals surface area contributed by atoms with Crippen LogP contribution in [0.15, 0.2) is 17.3 Å². The van der Waals surface area contributed by atoms with Gasteiger partial charge >= 0.3 is 0 Å². The van der Waals surface area contributed by atoms with E-state index in [1.807, 2.05) is 0 Å². The normalized spacial score (nSPS) is 23.9. The van der Waals surface area contributed by atoms with Crippen molar-refractivity contribution in [1.82, 2.24) is 14.5 Å². The number of rotatable bonds is 6. The fraction of sp³-hybridized carbons (Fsp3) is 0.750. The lowest BCUT2D eigenvalue weighted by Gasteiger charge is -2.11. The molecule has 7 heteroatoms. The number of nitrogens with zero attached hydrogens (tertiary/aromatic N) is 2. The van der Waals surface area contributed by atoms with Crippen molar-refractivity contribution in [3.8, 4) is 0 Å². The van der Waals surface area contributed by atoms with Crippen molar-refractivity contribution in [3.05, 3.63) is 12.4 Å². The number of aliphatic hydroxyl groups excluding tert-OH is 1. The molecule has 0 radical (unpaired) electrons. The van der Waals surface area contributed by atoms with E-state index >= 15 is 0 Å². The van der Waals surface area contributed by atoms with Crippen LogP contribution in [0.4, 0.5) is 0 Å². The Balaban J connectivity index is 2.00. The lowest BCUT2D eigenvalue weighted by atomic mass is 10.1. The van der Waals surface area contributed by atoms with Crippen molar-refractivity contribution in [2.24, 2.45) is 5.92 Å². The van der Waals surface area contributed by atoms with Crippen molar-refractivity contribution < 1.29 is 13.5 Å². The first kappa shape index (κ1) is 14.5. The van der Waals surface area contributed by atoms with E-state index < -0.39 is 10.0 Å². The van der Waals surface area contributed by atoms with Gasteiger partial charge in [0.2, 0.25) is 10.0 Å². The number of hydrogen-bond acceptors (Lipinski definition) is 4. The highest BCUT2D eigenvalue weighted by molar-refractivity contribution is 7.89. The molecule has 6 nitrogen and oxygen atoms in total. The predicted octanol–water partition coefficient (Wildman–Crippen LogP) is 0.732. The van der Waals surface area contributed by atoms with Crippen molar-refractivity contribution in [2.75, 3.05) is 6.61 Å². The van der Waals surface area contributed by atoms with Crippen molar-refractivity contribution in [3.63, 3.8) is 0 Å². The minimum Gasteiger partial charge on any atom is -0.396 e. The van der Waals surface area contributed by atoms with E-state index in [1.165, 1.54) is 12.4 Å². The first-order valence-electron chi connectivity index (χ1n) is 6.67. The second-order valence-corrected chi connectivity index (χ2v) is 6.97. The summed E-state index contributed by atoms with van der Waals surface area (Å²) in [6.07, 6.45) is 6.31. The predicted molar refractivity (Wildman–Crippen MR) is 71.1 cm³/mol. The molecule has 0 aromatic carbocycles. The molecule has 2 unspecified atom stereocenters. The van der Waals surface area contributed by atoms with Crippen LogP contribution in [0.2, 0.25) is 0 Å². The van der Waals surface area contributed by atoms with Gasteiger partial charge in [0.05, 0.1) is 6.20 Å². The summed E-state index contributed by atoms with van der Waals surface area (Å²) in [7, 11) is -3.47. The highest BCUT2D eigenvalue weighted by Crippen LogP contribution is 2.25. The first-order chi connectivity index (χ1) is 9.01. The standard InChI is InChI=1S/C12H21N3O3S/c1-10-3-4-11(7-10)14-19(17,18)12-8-13-15(9-12)5-2-6-16/h8-11,14,16H,2-7H2,1H3. The van der Waals surface area contributed by atoms with Gasteiger partial charge in [-0.25, -0.2) is 13.1 Å². The molecule has 0 bridgehead atoms. The minimum atomic E-state index is -3.47. The molecular formula is C12H21N3O3S. The van der Waals surface area contributed by atoms with E-state index in [9.17, 15) is 8.42 Å². The number of sulfonamides is 1. The number of aromatic nitrogens is 2. The fourth-order valence-electron chi connectivity index (χ4n) is 2.44. The third-order valence-electron chi connectivity index (χ3n) is 3.48. The maximum atomic E-state index is 12.2. The van der Waals surface area contributed by atoms with Gasteiger partial charge in [0.1, 0.15) is 4.90 Å². The Kier molecular flexibility index (Phi) is 4.59. The highest BCUT2D eigenvalue weighted by Gasteiger charge is 2.27. The number of nitrogens with one attached hydrogen (secondary N) is 1. The molecule has 1 fully saturated rings. The van der Waals surface area contributed by atoms with Crippen molar-refractivity contribution >= 4 is 10.0 Å². The fourth-order valence-corrected chi connectivity index (χ4v) is 3.68. The summed E-state index contributed by atoms with van der Waals surface area (Å²) in [5, 5.41) is 12.7. The van der Waals surface area contributed by atoms with Crippen LogP contribution in [0, 0.1) is 5.92 Å². The zero-order valence-corrected chi connectivity index (χ0v) is 11.9. The average molecular weight is 287 g/mol. The summed E-state index contributed by atoms with van der Waals surface area (Å²) in [6.45, 7) is 2.73. The van der Waals surface area contributed by atoms with Crippen LogP contribution in [-0.2, 0) is 16.6 Å². The van der Waals surface area contributed by atoms with Gasteiger partial charge in [0.25, 0.3) is 0 Å². The third-order valence-corrected chi connectivity index (χ3v) is 4.96. The summed E-state index contributed by atoms with van der Waals surface area (Å²) >= 11 is 0. The molecule has 1 aromatic rings. The van der Waals surface area contributed by atoms with Gasteiger partial charge in [-0.05, 0) is 31.6 Å². The number of aryl methyl sites for hydroxylation is 1. The SMILES string of the molecule is CC1CCC(NS(=O)(=O)c2cnn(CCCO)c2)C1. The second-order valence-electron chi connectivity index (χ2n) is 5.25. The highest BCUT2D eigenvalue weighted by atomic mass is 32.2. The summed E-state index contributed by atoms with van der Waals surface area (Å²) in [5.41, 5.74) is 0. The van der Waals surface area contributed by atoms with Crippen LogP contribution < -0.4 is 4.72 Å². The van der Waals surface area contributed by atoms with E-state index in [-0.39, 0.29) is 17.5 Å². The van der Waals surface area contributed by atoms with Gasteiger partial charge in [-0.3, -0.25) is 4.68 Å². The van der Waals surface area contributed by atoms with Crippen molar-refractivity contribution in [1.29, 1.82) is 0 Å². The molecule has 1 aromatic heterocycles. The molecule has 2 atom stereocenters. The van der Waals surface area contributed by atoms with Gasteiger partial charge in [-0.1, -0.05) is 6.92 Å². The molecule has 0 saturated heterocycles. The Morgan fingerprint density at radius 2 is 2.32 bits per heavy atom. The summed E-state index contributed by atoms with van der Waals surface area (Å²) in [6, 6.07) is 0.0424. The smallest absolute Gasteiger partial charge is 0.243 e. The monoisotopic (exact) mass is 287 g/mol. The third kappa shape index (κ3) is 3.77. The van der Waals surface area contributed by atoms with E-state index in [2.05, 4.69) is 16.7 Å². The molecule has 108 valence electrons. The molecule has 1 saturated carbocycles.